The Bertz CT molecular complexity index is 1200. The fraction of sp³-hybridized carbons (Fsp3) is 0.562. The zero-order valence-electron chi connectivity index (χ0n) is 24.7. The number of carbonyl (C=O) groups is 2. The number of nitrogens with two attached hydrogens (primary N) is 1. The van der Waals surface area contributed by atoms with Crippen LogP contribution in [-0.2, 0) is 11.3 Å². The van der Waals surface area contributed by atoms with Crippen LogP contribution in [0.3, 0.4) is 0 Å². The van der Waals surface area contributed by atoms with Crippen molar-refractivity contribution < 1.29 is 23.5 Å². The van der Waals surface area contributed by atoms with Gasteiger partial charge in [-0.15, -0.1) is 24.8 Å². The van der Waals surface area contributed by atoms with Crippen LogP contribution in [0.2, 0.25) is 0 Å². The summed E-state index contributed by atoms with van der Waals surface area (Å²) < 4.78 is 26.8. The molecule has 0 radical (unpaired) electrons. The van der Waals surface area contributed by atoms with Gasteiger partial charge in [0.25, 0.3) is 5.91 Å². The second-order valence-electron chi connectivity index (χ2n) is 11.5. The molecule has 238 valence electrons. The van der Waals surface area contributed by atoms with E-state index in [9.17, 15) is 14.0 Å². The number of hydrogen-bond acceptors (Lipinski definition) is 6. The molecule has 2 aliphatic heterocycles. The topological polar surface area (TPSA) is 106 Å². The van der Waals surface area contributed by atoms with Crippen molar-refractivity contribution in [2.24, 2.45) is 5.73 Å². The van der Waals surface area contributed by atoms with E-state index in [2.05, 4.69) is 16.7 Å². The van der Waals surface area contributed by atoms with Gasteiger partial charge >= 0.3 is 0 Å². The second kappa shape index (κ2) is 17.0. The lowest BCUT2D eigenvalue weighted by molar-refractivity contribution is -0.121. The molecule has 2 saturated heterocycles. The largest absolute Gasteiger partial charge is 0.490 e. The van der Waals surface area contributed by atoms with Crippen molar-refractivity contribution in [2.45, 2.75) is 82.5 Å². The predicted octanol–water partition coefficient (Wildman–Crippen LogP) is 5.11. The Morgan fingerprint density at radius 2 is 1.72 bits per heavy atom. The maximum Gasteiger partial charge on any atom is 0.253 e. The fourth-order valence-corrected chi connectivity index (χ4v) is 6.19. The number of amides is 2. The number of piperidine rings is 1. The van der Waals surface area contributed by atoms with E-state index in [1.54, 1.807) is 6.07 Å². The van der Waals surface area contributed by atoms with Gasteiger partial charge in [-0.05, 0) is 73.2 Å². The second-order valence-corrected chi connectivity index (χ2v) is 11.5. The van der Waals surface area contributed by atoms with Gasteiger partial charge in [-0.2, -0.15) is 0 Å². The van der Waals surface area contributed by atoms with E-state index in [0.717, 1.165) is 38.1 Å². The monoisotopic (exact) mass is 638 g/mol. The van der Waals surface area contributed by atoms with Gasteiger partial charge < -0.3 is 30.7 Å². The van der Waals surface area contributed by atoms with Crippen LogP contribution in [0, 0.1) is 5.82 Å². The average Bonchev–Trinajstić information content (AvgIpc) is 3.50. The first-order valence-corrected chi connectivity index (χ1v) is 15.2. The molecule has 3 fully saturated rings. The minimum Gasteiger partial charge on any atom is -0.490 e. The van der Waals surface area contributed by atoms with Gasteiger partial charge in [0.2, 0.25) is 5.91 Å². The van der Waals surface area contributed by atoms with E-state index in [4.69, 9.17) is 15.2 Å². The van der Waals surface area contributed by atoms with Crippen molar-refractivity contribution in [3.05, 3.63) is 58.9 Å². The van der Waals surface area contributed by atoms with Crippen molar-refractivity contribution in [3.8, 4) is 11.5 Å². The number of likely N-dealkylation sites (tertiary alicyclic amines) is 1. The highest BCUT2D eigenvalue weighted by atomic mass is 35.5. The molecular weight excluding hydrogens is 594 g/mol. The maximum absolute atomic E-state index is 14.2. The van der Waals surface area contributed by atoms with Crippen LogP contribution >= 0.6 is 24.8 Å². The lowest BCUT2D eigenvalue weighted by Crippen LogP contribution is -2.41. The minimum absolute atomic E-state index is 0. The zero-order valence-corrected chi connectivity index (χ0v) is 26.3. The Morgan fingerprint density at radius 1 is 0.953 bits per heavy atom. The molecule has 8 nitrogen and oxygen atoms in total. The fourth-order valence-electron chi connectivity index (χ4n) is 6.19. The Balaban J connectivity index is 0.00000253. The third kappa shape index (κ3) is 9.70. The lowest BCUT2D eigenvalue weighted by atomic mass is 9.83. The Morgan fingerprint density at radius 3 is 2.42 bits per heavy atom. The lowest BCUT2D eigenvalue weighted by Gasteiger charge is -2.33. The first-order chi connectivity index (χ1) is 20.0. The van der Waals surface area contributed by atoms with Crippen LogP contribution in [0.15, 0.2) is 36.4 Å². The van der Waals surface area contributed by atoms with E-state index in [1.165, 1.54) is 37.0 Å². The predicted molar refractivity (Wildman–Crippen MR) is 170 cm³/mol. The van der Waals surface area contributed by atoms with Crippen LogP contribution in [0.4, 0.5) is 4.39 Å². The summed E-state index contributed by atoms with van der Waals surface area (Å²) in [6, 6.07) is 10.5. The number of ether oxygens (including phenoxy) is 2. The van der Waals surface area contributed by atoms with Gasteiger partial charge in [-0.25, -0.2) is 4.39 Å². The third-order valence-corrected chi connectivity index (χ3v) is 8.43. The number of carbonyl (C=O) groups excluding carboxylic acids is 2. The number of halogens is 3. The molecule has 2 aromatic rings. The Hall–Kier alpha value is -2.59. The number of hydrogen-bond donors (Lipinski definition) is 3. The average molecular weight is 640 g/mol. The summed E-state index contributed by atoms with van der Waals surface area (Å²) in [6.45, 7) is 3.48. The number of nitrogens with zero attached hydrogens (tertiary/aromatic N) is 1. The van der Waals surface area contributed by atoms with E-state index in [1.807, 2.05) is 17.0 Å². The first-order valence-electron chi connectivity index (χ1n) is 15.2. The Labute approximate surface area is 266 Å². The number of nitrogens with one attached hydrogen (secondary N) is 2. The quantitative estimate of drug-likeness (QED) is 0.334. The number of benzene rings is 2. The summed E-state index contributed by atoms with van der Waals surface area (Å²) in [5.41, 5.74) is 7.94. The van der Waals surface area contributed by atoms with E-state index < -0.39 is 5.82 Å². The third-order valence-electron chi connectivity index (χ3n) is 8.43. The molecular formula is C32H45Cl2FN4O4. The zero-order chi connectivity index (χ0) is 28.6. The first kappa shape index (κ1) is 34.9. The molecule has 0 unspecified atom stereocenters. The van der Waals surface area contributed by atoms with E-state index >= 15 is 0 Å². The molecule has 43 heavy (non-hydrogen) atoms. The molecule has 0 spiro atoms. The van der Waals surface area contributed by atoms with Crippen molar-refractivity contribution in [2.75, 3.05) is 32.7 Å². The molecule has 1 atom stereocenters. The van der Waals surface area contributed by atoms with Crippen molar-refractivity contribution in [3.63, 3.8) is 0 Å². The summed E-state index contributed by atoms with van der Waals surface area (Å²) in [7, 11) is 0. The molecule has 1 saturated carbocycles. The molecule has 2 heterocycles. The summed E-state index contributed by atoms with van der Waals surface area (Å²) in [6.07, 6.45) is 8.62. The van der Waals surface area contributed by atoms with Gasteiger partial charge in [0.1, 0.15) is 29.5 Å². The highest BCUT2D eigenvalue weighted by Gasteiger charge is 2.28. The summed E-state index contributed by atoms with van der Waals surface area (Å²) in [4.78, 5) is 27.2. The molecule has 2 amide bonds. The van der Waals surface area contributed by atoms with Crippen molar-refractivity contribution in [1.29, 1.82) is 0 Å². The van der Waals surface area contributed by atoms with Crippen LogP contribution in [0.5, 0.6) is 11.5 Å². The van der Waals surface area contributed by atoms with Crippen LogP contribution < -0.4 is 25.8 Å². The molecule has 1 aliphatic carbocycles. The summed E-state index contributed by atoms with van der Waals surface area (Å²) in [5.74, 6) is 1.26. The van der Waals surface area contributed by atoms with Gasteiger partial charge in [-0.3, -0.25) is 9.59 Å². The molecule has 4 N–H and O–H groups in total. The Kier molecular flexibility index (Phi) is 13.8. The molecule has 11 heteroatoms. The summed E-state index contributed by atoms with van der Waals surface area (Å²) in [5, 5.41) is 6.11. The van der Waals surface area contributed by atoms with Gasteiger partial charge in [-0.1, -0.05) is 19.3 Å². The molecule has 5 rings (SSSR count). The van der Waals surface area contributed by atoms with E-state index in [-0.39, 0.29) is 68.3 Å². The highest BCUT2D eigenvalue weighted by Crippen LogP contribution is 2.39. The summed E-state index contributed by atoms with van der Waals surface area (Å²) >= 11 is 0. The van der Waals surface area contributed by atoms with Crippen molar-refractivity contribution >= 4 is 36.6 Å². The maximum atomic E-state index is 14.2. The normalized spacial score (nSPS) is 19.2. The number of rotatable bonds is 10. The van der Waals surface area contributed by atoms with Gasteiger partial charge in [0.05, 0.1) is 0 Å². The molecule has 0 bridgehead atoms. The highest BCUT2D eigenvalue weighted by molar-refractivity contribution is 5.94. The van der Waals surface area contributed by atoms with Crippen molar-refractivity contribution in [1.82, 2.24) is 15.5 Å². The smallest absolute Gasteiger partial charge is 0.253 e. The SMILES string of the molecule is Cl.Cl.NCCC(=O)NCc1cc(F)cc(OC2CCN(C(=O)c3ccc(O[C@H]4CCNC4)c(C4CCCCC4)c3)CC2)c1. The van der Waals surface area contributed by atoms with Gasteiger partial charge in [0.15, 0.2) is 0 Å². The minimum atomic E-state index is -0.413. The standard InChI is InChI=1S/C32H43FN4O4.2ClH/c33-25-16-22(20-36-31(38)8-12-34)17-28(19-25)40-26-10-14-37(15-11-26)32(39)24-6-7-30(41-27-9-13-35-21-27)29(18-24)23-4-2-1-3-5-23;;/h6-7,16-19,23,26-27,35H,1-5,8-15,20-21,34H2,(H,36,38);2*1H/t27-;;/m0../s1. The van der Waals surface area contributed by atoms with Crippen LogP contribution in [0.25, 0.3) is 0 Å². The van der Waals surface area contributed by atoms with Gasteiger partial charge in [0, 0.05) is 63.6 Å². The van der Waals surface area contributed by atoms with E-state index in [0.29, 0.717) is 48.7 Å². The molecule has 0 aromatic heterocycles. The van der Waals surface area contributed by atoms with Crippen LogP contribution in [-0.4, -0.2) is 61.6 Å². The molecule has 3 aliphatic rings. The molecule has 2 aromatic carbocycles. The van der Waals surface area contributed by atoms with Crippen LogP contribution in [0.1, 0.15) is 85.2 Å².